The standard InChI is InChI=1S/C10H13N5O2S/c1-7-3-4-9(12-5-7)14-18(16,17)8-6-15(2)13-10(8)11/h3-6H,1-2H3,(H2,11,13)(H,12,14). The molecule has 0 radical (unpaired) electrons. The summed E-state index contributed by atoms with van der Waals surface area (Å²) in [5.74, 6) is 0.195. The molecule has 0 aliphatic rings. The lowest BCUT2D eigenvalue weighted by molar-refractivity contribution is 0.601. The highest BCUT2D eigenvalue weighted by Gasteiger charge is 2.20. The molecule has 8 heteroatoms. The van der Waals surface area contributed by atoms with Gasteiger partial charge in [0, 0.05) is 19.4 Å². The number of nitrogens with two attached hydrogens (primary N) is 1. The number of aryl methyl sites for hydroxylation is 2. The van der Waals surface area contributed by atoms with Crippen LogP contribution in [0.5, 0.6) is 0 Å². The number of sulfonamides is 1. The van der Waals surface area contributed by atoms with Gasteiger partial charge in [0.15, 0.2) is 5.82 Å². The van der Waals surface area contributed by atoms with Crippen LogP contribution in [0, 0.1) is 6.92 Å². The molecule has 0 aliphatic carbocycles. The Morgan fingerprint density at radius 1 is 1.39 bits per heavy atom. The van der Waals surface area contributed by atoms with Crippen LogP contribution in [0.2, 0.25) is 0 Å². The molecule has 2 aromatic heterocycles. The fourth-order valence-corrected chi connectivity index (χ4v) is 2.53. The lowest BCUT2D eigenvalue weighted by Gasteiger charge is -2.05. The molecule has 2 heterocycles. The zero-order chi connectivity index (χ0) is 13.3. The van der Waals surface area contributed by atoms with Gasteiger partial charge in [0.2, 0.25) is 0 Å². The highest BCUT2D eigenvalue weighted by molar-refractivity contribution is 7.92. The first-order valence-corrected chi connectivity index (χ1v) is 6.61. The van der Waals surface area contributed by atoms with E-state index in [-0.39, 0.29) is 16.5 Å². The molecule has 2 rings (SSSR count). The molecule has 7 nitrogen and oxygen atoms in total. The summed E-state index contributed by atoms with van der Waals surface area (Å²) >= 11 is 0. The Morgan fingerprint density at radius 3 is 2.61 bits per heavy atom. The van der Waals surface area contributed by atoms with E-state index in [0.717, 1.165) is 5.56 Å². The van der Waals surface area contributed by atoms with E-state index in [1.54, 1.807) is 25.4 Å². The van der Waals surface area contributed by atoms with E-state index in [4.69, 9.17) is 5.73 Å². The maximum atomic E-state index is 12.0. The molecule has 18 heavy (non-hydrogen) atoms. The summed E-state index contributed by atoms with van der Waals surface area (Å²) in [4.78, 5) is 3.90. The number of pyridine rings is 1. The highest BCUT2D eigenvalue weighted by atomic mass is 32.2. The Hall–Kier alpha value is -2.09. The van der Waals surface area contributed by atoms with Gasteiger partial charge in [-0.1, -0.05) is 6.07 Å². The van der Waals surface area contributed by atoms with Crippen LogP contribution in [0.15, 0.2) is 29.4 Å². The average molecular weight is 267 g/mol. The molecule has 0 saturated heterocycles. The van der Waals surface area contributed by atoms with E-state index in [0.29, 0.717) is 0 Å². The summed E-state index contributed by atoms with van der Waals surface area (Å²) in [7, 11) is -2.16. The number of hydrogen-bond acceptors (Lipinski definition) is 5. The quantitative estimate of drug-likeness (QED) is 0.843. The summed E-state index contributed by atoms with van der Waals surface area (Å²) in [5, 5.41) is 3.79. The van der Waals surface area contributed by atoms with Crippen molar-refractivity contribution in [3.05, 3.63) is 30.1 Å². The first-order chi connectivity index (χ1) is 8.38. The number of nitrogen functional groups attached to an aromatic ring is 1. The fourth-order valence-electron chi connectivity index (χ4n) is 1.41. The minimum absolute atomic E-state index is 0.0443. The third-order valence-corrected chi connectivity index (χ3v) is 3.63. The summed E-state index contributed by atoms with van der Waals surface area (Å²) in [6.45, 7) is 1.87. The van der Waals surface area contributed by atoms with Crippen molar-refractivity contribution >= 4 is 21.7 Å². The van der Waals surface area contributed by atoms with E-state index in [1.807, 2.05) is 6.92 Å². The Bertz CT molecular complexity index is 660. The van der Waals surface area contributed by atoms with Crippen LogP contribution < -0.4 is 10.5 Å². The predicted octanol–water partition coefficient (Wildman–Crippen LogP) is 0.507. The zero-order valence-electron chi connectivity index (χ0n) is 9.95. The number of rotatable bonds is 3. The van der Waals surface area contributed by atoms with Crippen molar-refractivity contribution in [2.24, 2.45) is 7.05 Å². The first-order valence-electron chi connectivity index (χ1n) is 5.13. The third-order valence-electron chi connectivity index (χ3n) is 2.26. The van der Waals surface area contributed by atoms with E-state index in [1.165, 1.54) is 10.9 Å². The summed E-state index contributed by atoms with van der Waals surface area (Å²) < 4.78 is 27.8. The topological polar surface area (TPSA) is 103 Å². The van der Waals surface area contributed by atoms with Crippen LogP contribution in [-0.2, 0) is 17.1 Å². The maximum absolute atomic E-state index is 12.0. The van der Waals surface area contributed by atoms with Gasteiger partial charge in [-0.05, 0) is 18.6 Å². The molecule has 96 valence electrons. The van der Waals surface area contributed by atoms with Gasteiger partial charge in [-0.15, -0.1) is 0 Å². The monoisotopic (exact) mass is 267 g/mol. The van der Waals surface area contributed by atoms with E-state index in [9.17, 15) is 8.42 Å². The second-order valence-corrected chi connectivity index (χ2v) is 5.53. The van der Waals surface area contributed by atoms with Crippen molar-refractivity contribution in [3.63, 3.8) is 0 Å². The van der Waals surface area contributed by atoms with Crippen molar-refractivity contribution < 1.29 is 8.42 Å². The summed E-state index contributed by atoms with van der Waals surface area (Å²) in [6.07, 6.45) is 2.91. The molecule has 2 aromatic rings. The van der Waals surface area contributed by atoms with Crippen LogP contribution in [-0.4, -0.2) is 23.2 Å². The second kappa shape index (κ2) is 4.30. The average Bonchev–Trinajstić information content (AvgIpc) is 2.62. The SMILES string of the molecule is Cc1ccc(NS(=O)(=O)c2cn(C)nc2N)nc1. The van der Waals surface area contributed by atoms with Crippen molar-refractivity contribution in [1.29, 1.82) is 0 Å². The molecule has 0 bridgehead atoms. The van der Waals surface area contributed by atoms with Crippen molar-refractivity contribution in [2.45, 2.75) is 11.8 Å². The lowest BCUT2D eigenvalue weighted by Crippen LogP contribution is -2.14. The minimum atomic E-state index is -3.76. The van der Waals surface area contributed by atoms with Crippen molar-refractivity contribution in [1.82, 2.24) is 14.8 Å². The van der Waals surface area contributed by atoms with Gasteiger partial charge in [-0.2, -0.15) is 5.10 Å². The maximum Gasteiger partial charge on any atom is 0.268 e. The molecule has 0 aliphatic heterocycles. The normalized spacial score (nSPS) is 11.4. The van der Waals surface area contributed by atoms with Crippen LogP contribution >= 0.6 is 0 Å². The molecule has 0 saturated carbocycles. The number of hydrogen-bond donors (Lipinski definition) is 2. The fraction of sp³-hybridized carbons (Fsp3) is 0.200. The summed E-state index contributed by atoms with van der Waals surface area (Å²) in [6, 6.07) is 3.34. The van der Waals surface area contributed by atoms with Crippen LogP contribution in [0.4, 0.5) is 11.6 Å². The van der Waals surface area contributed by atoms with Gasteiger partial charge in [0.05, 0.1) is 0 Å². The molecule has 0 amide bonds. The van der Waals surface area contributed by atoms with E-state index in [2.05, 4.69) is 14.8 Å². The molecular formula is C10H13N5O2S. The number of aromatic nitrogens is 3. The number of nitrogens with zero attached hydrogens (tertiary/aromatic N) is 3. The predicted molar refractivity (Wildman–Crippen MR) is 67.4 cm³/mol. The molecular weight excluding hydrogens is 254 g/mol. The van der Waals surface area contributed by atoms with Gasteiger partial charge < -0.3 is 5.73 Å². The van der Waals surface area contributed by atoms with E-state index < -0.39 is 10.0 Å². The molecule has 0 fully saturated rings. The van der Waals surface area contributed by atoms with Gasteiger partial charge >= 0.3 is 0 Å². The highest BCUT2D eigenvalue weighted by Crippen LogP contribution is 2.18. The van der Waals surface area contributed by atoms with Crippen LogP contribution in [0.1, 0.15) is 5.56 Å². The van der Waals surface area contributed by atoms with Gasteiger partial charge in [-0.3, -0.25) is 9.40 Å². The van der Waals surface area contributed by atoms with Gasteiger partial charge in [0.25, 0.3) is 10.0 Å². The Balaban J connectivity index is 2.33. The lowest BCUT2D eigenvalue weighted by atomic mass is 10.3. The minimum Gasteiger partial charge on any atom is -0.381 e. The smallest absolute Gasteiger partial charge is 0.268 e. The zero-order valence-corrected chi connectivity index (χ0v) is 10.8. The molecule has 0 aromatic carbocycles. The van der Waals surface area contributed by atoms with Crippen molar-refractivity contribution in [2.75, 3.05) is 10.5 Å². The van der Waals surface area contributed by atoms with Crippen molar-refractivity contribution in [3.8, 4) is 0 Å². The third kappa shape index (κ3) is 2.43. The first kappa shape index (κ1) is 12.4. The largest absolute Gasteiger partial charge is 0.381 e. The van der Waals surface area contributed by atoms with Crippen LogP contribution in [0.25, 0.3) is 0 Å². The van der Waals surface area contributed by atoms with Gasteiger partial charge in [0.1, 0.15) is 10.7 Å². The molecule has 3 N–H and O–H groups in total. The Labute approximate surface area is 105 Å². The van der Waals surface area contributed by atoms with Crippen LogP contribution in [0.3, 0.4) is 0 Å². The summed E-state index contributed by atoms with van der Waals surface area (Å²) in [5.41, 5.74) is 6.48. The second-order valence-electron chi connectivity index (χ2n) is 3.88. The Kier molecular flexibility index (Phi) is 2.95. The molecule has 0 atom stereocenters. The molecule has 0 unspecified atom stereocenters. The number of nitrogens with one attached hydrogen (secondary N) is 1. The Morgan fingerprint density at radius 2 is 2.11 bits per heavy atom. The molecule has 0 spiro atoms. The number of anilines is 2. The van der Waals surface area contributed by atoms with E-state index >= 15 is 0 Å². The van der Waals surface area contributed by atoms with Gasteiger partial charge in [-0.25, -0.2) is 13.4 Å².